The lowest BCUT2D eigenvalue weighted by Crippen LogP contribution is -2.39. The van der Waals surface area contributed by atoms with Crippen molar-refractivity contribution in [3.63, 3.8) is 0 Å². The molecule has 1 heterocycles. The van der Waals surface area contributed by atoms with Gasteiger partial charge in [0.05, 0.1) is 15.9 Å². The first kappa shape index (κ1) is 19.3. The molecule has 146 valence electrons. The number of likely N-dealkylation sites (tertiary alicyclic amines) is 1. The Morgan fingerprint density at radius 2 is 1.93 bits per heavy atom. The first-order valence-electron chi connectivity index (χ1n) is 8.85. The molecule has 0 unspecified atom stereocenters. The molecule has 1 fully saturated rings. The summed E-state index contributed by atoms with van der Waals surface area (Å²) < 4.78 is 5.49. The number of hydrogen-bond donors (Lipinski definition) is 0. The number of nitro groups is 2. The minimum atomic E-state index is -0.637. The van der Waals surface area contributed by atoms with Crippen molar-refractivity contribution < 1.29 is 19.4 Å². The number of nitrogens with zero attached hydrogens (tertiary/aromatic N) is 3. The van der Waals surface area contributed by atoms with Crippen molar-refractivity contribution in [3.05, 3.63) is 68.3 Å². The average molecular weight is 385 g/mol. The van der Waals surface area contributed by atoms with Gasteiger partial charge in [-0.3, -0.25) is 25.0 Å². The van der Waals surface area contributed by atoms with Crippen LogP contribution in [0, 0.1) is 26.1 Å². The molecule has 0 N–H and O–H groups in total. The van der Waals surface area contributed by atoms with E-state index >= 15 is 0 Å². The van der Waals surface area contributed by atoms with Crippen molar-refractivity contribution in [2.45, 2.75) is 19.8 Å². The zero-order valence-corrected chi connectivity index (χ0v) is 15.2. The quantitative estimate of drug-likeness (QED) is 0.563. The second-order valence-electron chi connectivity index (χ2n) is 6.79. The van der Waals surface area contributed by atoms with Crippen molar-refractivity contribution in [1.29, 1.82) is 0 Å². The van der Waals surface area contributed by atoms with Crippen LogP contribution in [-0.4, -0.2) is 33.7 Å². The molecule has 0 aromatic heterocycles. The van der Waals surface area contributed by atoms with Gasteiger partial charge >= 0.3 is 5.69 Å². The molecule has 28 heavy (non-hydrogen) atoms. The van der Waals surface area contributed by atoms with Gasteiger partial charge < -0.3 is 9.64 Å². The van der Waals surface area contributed by atoms with Gasteiger partial charge in [0.15, 0.2) is 0 Å². The van der Waals surface area contributed by atoms with Gasteiger partial charge in [-0.1, -0.05) is 13.0 Å². The Bertz CT molecular complexity index is 930. The predicted octanol–water partition coefficient (Wildman–Crippen LogP) is 4.17. The number of ether oxygens (including phenoxy) is 1. The third-order valence-electron chi connectivity index (χ3n) is 4.60. The maximum atomic E-state index is 12.7. The number of nitro benzene ring substituents is 2. The monoisotopic (exact) mass is 385 g/mol. The molecule has 0 aliphatic carbocycles. The first-order chi connectivity index (χ1) is 13.3. The molecule has 9 heteroatoms. The highest BCUT2D eigenvalue weighted by molar-refractivity contribution is 5.95. The van der Waals surface area contributed by atoms with E-state index in [-0.39, 0.29) is 34.3 Å². The molecular weight excluding hydrogens is 366 g/mol. The minimum Gasteiger partial charge on any atom is -0.450 e. The predicted molar refractivity (Wildman–Crippen MR) is 101 cm³/mol. The molecule has 2 aromatic carbocycles. The van der Waals surface area contributed by atoms with Crippen molar-refractivity contribution >= 4 is 17.3 Å². The summed E-state index contributed by atoms with van der Waals surface area (Å²) in [5.74, 6) is 0.149. The van der Waals surface area contributed by atoms with Crippen molar-refractivity contribution in [1.82, 2.24) is 4.90 Å². The summed E-state index contributed by atoms with van der Waals surface area (Å²) in [4.78, 5) is 35.5. The number of carbonyl (C=O) groups is 1. The lowest BCUT2D eigenvalue weighted by Gasteiger charge is -2.31. The molecule has 0 spiro atoms. The minimum absolute atomic E-state index is 0.0888. The van der Waals surface area contributed by atoms with E-state index in [1.54, 1.807) is 4.90 Å². The van der Waals surface area contributed by atoms with Crippen LogP contribution in [0.5, 0.6) is 11.5 Å². The Hall–Kier alpha value is -3.49. The maximum Gasteiger partial charge on any atom is 0.312 e. The Morgan fingerprint density at radius 1 is 1.14 bits per heavy atom. The Labute approximate surface area is 160 Å². The third-order valence-corrected chi connectivity index (χ3v) is 4.60. The Morgan fingerprint density at radius 3 is 2.61 bits per heavy atom. The highest BCUT2D eigenvalue weighted by Crippen LogP contribution is 2.34. The lowest BCUT2D eigenvalue weighted by atomic mass is 9.99. The summed E-state index contributed by atoms with van der Waals surface area (Å²) in [6.07, 6.45) is 1.96. The fraction of sp³-hybridized carbons (Fsp3) is 0.316. The zero-order chi connectivity index (χ0) is 20.3. The summed E-state index contributed by atoms with van der Waals surface area (Å²) in [6.45, 7) is 3.32. The molecule has 0 bridgehead atoms. The van der Waals surface area contributed by atoms with E-state index in [9.17, 15) is 25.0 Å². The van der Waals surface area contributed by atoms with Gasteiger partial charge in [0, 0.05) is 30.8 Å². The van der Waals surface area contributed by atoms with Crippen LogP contribution in [0.3, 0.4) is 0 Å². The summed E-state index contributed by atoms with van der Waals surface area (Å²) in [7, 11) is 0. The number of amides is 1. The van der Waals surface area contributed by atoms with Gasteiger partial charge in [0.25, 0.3) is 11.6 Å². The molecule has 2 aromatic rings. The molecule has 0 radical (unpaired) electrons. The van der Waals surface area contributed by atoms with Gasteiger partial charge in [0.1, 0.15) is 5.75 Å². The Kier molecular flexibility index (Phi) is 5.53. The molecule has 9 nitrogen and oxygen atoms in total. The summed E-state index contributed by atoms with van der Waals surface area (Å²) in [5.41, 5.74) is -0.347. The number of carbonyl (C=O) groups excluding carboxylic acids is 1. The maximum absolute atomic E-state index is 12.7. The van der Waals surface area contributed by atoms with E-state index < -0.39 is 9.85 Å². The van der Waals surface area contributed by atoms with Crippen LogP contribution in [0.2, 0.25) is 0 Å². The Balaban J connectivity index is 1.87. The highest BCUT2D eigenvalue weighted by Gasteiger charge is 2.25. The number of benzene rings is 2. The van der Waals surface area contributed by atoms with Crippen LogP contribution in [0.25, 0.3) is 0 Å². The smallest absolute Gasteiger partial charge is 0.312 e. The standard InChI is InChI=1S/C19H19N3O6/c1-13-4-3-9-20(12-13)19(23)14-7-8-18(17(10-14)22(26)27)28-16-6-2-5-15(11-16)21(24)25/h2,5-8,10-11,13H,3-4,9,12H2,1H3/t13-/m0/s1. The molecule has 1 saturated heterocycles. The van der Waals surface area contributed by atoms with Crippen molar-refractivity contribution in [3.8, 4) is 11.5 Å². The van der Waals surface area contributed by atoms with Crippen molar-refractivity contribution in [2.24, 2.45) is 5.92 Å². The van der Waals surface area contributed by atoms with E-state index in [0.717, 1.165) is 12.8 Å². The molecule has 0 saturated carbocycles. The average Bonchev–Trinajstić information content (AvgIpc) is 2.67. The third kappa shape index (κ3) is 4.25. The molecular formula is C19H19N3O6. The fourth-order valence-corrected chi connectivity index (χ4v) is 3.22. The van der Waals surface area contributed by atoms with E-state index in [1.165, 1.54) is 42.5 Å². The fourth-order valence-electron chi connectivity index (χ4n) is 3.22. The summed E-state index contributed by atoms with van der Waals surface area (Å²) >= 11 is 0. The molecule has 1 amide bonds. The summed E-state index contributed by atoms with van der Waals surface area (Å²) in [5, 5.41) is 22.4. The van der Waals surface area contributed by atoms with Crippen LogP contribution in [0.4, 0.5) is 11.4 Å². The number of hydrogen-bond acceptors (Lipinski definition) is 6. The van der Waals surface area contributed by atoms with E-state index in [1.807, 2.05) is 0 Å². The van der Waals surface area contributed by atoms with E-state index in [4.69, 9.17) is 4.74 Å². The van der Waals surface area contributed by atoms with Crippen LogP contribution in [-0.2, 0) is 0 Å². The molecule has 3 rings (SSSR count). The van der Waals surface area contributed by atoms with Gasteiger partial charge in [0.2, 0.25) is 5.75 Å². The van der Waals surface area contributed by atoms with E-state index in [0.29, 0.717) is 19.0 Å². The number of non-ortho nitro benzene ring substituents is 1. The van der Waals surface area contributed by atoms with Crippen LogP contribution in [0.1, 0.15) is 30.1 Å². The normalized spacial score (nSPS) is 16.5. The van der Waals surface area contributed by atoms with Gasteiger partial charge in [-0.15, -0.1) is 0 Å². The zero-order valence-electron chi connectivity index (χ0n) is 15.2. The molecule has 1 atom stereocenters. The van der Waals surface area contributed by atoms with E-state index in [2.05, 4.69) is 6.92 Å². The van der Waals surface area contributed by atoms with Gasteiger partial charge in [-0.25, -0.2) is 0 Å². The number of rotatable bonds is 5. The van der Waals surface area contributed by atoms with Crippen LogP contribution >= 0.6 is 0 Å². The number of piperidine rings is 1. The molecule has 1 aliphatic rings. The second-order valence-corrected chi connectivity index (χ2v) is 6.79. The highest BCUT2D eigenvalue weighted by atomic mass is 16.6. The first-order valence-corrected chi connectivity index (χ1v) is 8.85. The van der Waals surface area contributed by atoms with Gasteiger partial charge in [-0.2, -0.15) is 0 Å². The van der Waals surface area contributed by atoms with Gasteiger partial charge in [-0.05, 0) is 37.0 Å². The topological polar surface area (TPSA) is 116 Å². The lowest BCUT2D eigenvalue weighted by molar-refractivity contribution is -0.386. The largest absolute Gasteiger partial charge is 0.450 e. The second kappa shape index (κ2) is 8.03. The van der Waals surface area contributed by atoms with Crippen LogP contribution in [0.15, 0.2) is 42.5 Å². The van der Waals surface area contributed by atoms with Crippen molar-refractivity contribution in [2.75, 3.05) is 13.1 Å². The SMILES string of the molecule is C[C@H]1CCCN(C(=O)c2ccc(Oc3cccc([N+](=O)[O-])c3)c([N+](=O)[O-])c2)C1. The summed E-state index contributed by atoms with van der Waals surface area (Å²) in [6, 6.07) is 9.37. The molecule has 1 aliphatic heterocycles. The van der Waals surface area contributed by atoms with Crippen LogP contribution < -0.4 is 4.74 Å².